The van der Waals surface area contributed by atoms with Crippen molar-refractivity contribution < 1.29 is 36.0 Å². The standard InChI is InChI=1S/C10H16F3N3O5S/c1-5(7(14)17)6(8(18)15-21-9(2,3)4)16-22(19,20)10(11,12)13/h5H,1-4H3,(H2,14,17)(H,15,18)/b16-6-. The van der Waals surface area contributed by atoms with E-state index in [-0.39, 0.29) is 0 Å². The molecule has 128 valence electrons. The summed E-state index contributed by atoms with van der Waals surface area (Å²) in [6.45, 7) is 5.46. The average molecular weight is 347 g/mol. The number of hydroxylamine groups is 1. The normalized spacial score (nSPS) is 15.3. The van der Waals surface area contributed by atoms with E-state index in [9.17, 15) is 31.2 Å². The van der Waals surface area contributed by atoms with Crippen LogP contribution in [-0.4, -0.2) is 37.1 Å². The maximum atomic E-state index is 12.3. The highest BCUT2D eigenvalue weighted by Crippen LogP contribution is 2.25. The second-order valence-corrected chi connectivity index (χ2v) is 6.76. The first-order valence-electron chi connectivity index (χ1n) is 5.77. The number of halogens is 3. The molecule has 0 spiro atoms. The van der Waals surface area contributed by atoms with Gasteiger partial charge in [0.25, 0.3) is 5.91 Å². The molecule has 0 aliphatic heterocycles. The zero-order valence-corrected chi connectivity index (χ0v) is 13.0. The molecular weight excluding hydrogens is 331 g/mol. The van der Waals surface area contributed by atoms with Crippen LogP contribution in [0.25, 0.3) is 0 Å². The minimum Gasteiger partial charge on any atom is -0.369 e. The van der Waals surface area contributed by atoms with Crippen molar-refractivity contribution in [1.82, 2.24) is 5.48 Å². The Kier molecular flexibility index (Phi) is 6.10. The molecule has 3 N–H and O–H groups in total. The maximum Gasteiger partial charge on any atom is 0.518 e. The molecule has 0 aromatic rings. The minimum absolute atomic E-state index is 0.917. The smallest absolute Gasteiger partial charge is 0.369 e. The van der Waals surface area contributed by atoms with Gasteiger partial charge >= 0.3 is 15.5 Å². The first-order valence-corrected chi connectivity index (χ1v) is 7.21. The molecule has 0 fully saturated rings. The Balaban J connectivity index is 5.69. The summed E-state index contributed by atoms with van der Waals surface area (Å²) in [4.78, 5) is 27.6. The van der Waals surface area contributed by atoms with Gasteiger partial charge in [-0.25, -0.2) is 5.48 Å². The molecule has 1 atom stereocenters. The van der Waals surface area contributed by atoms with Crippen LogP contribution in [0, 0.1) is 5.92 Å². The van der Waals surface area contributed by atoms with Crippen LogP contribution in [0.2, 0.25) is 0 Å². The summed E-state index contributed by atoms with van der Waals surface area (Å²) >= 11 is 0. The van der Waals surface area contributed by atoms with E-state index in [4.69, 9.17) is 10.6 Å². The first kappa shape index (κ1) is 20.3. The van der Waals surface area contributed by atoms with Crippen LogP contribution in [0.3, 0.4) is 0 Å². The number of hydrogen-bond donors (Lipinski definition) is 2. The molecule has 0 aromatic carbocycles. The summed E-state index contributed by atoms with van der Waals surface area (Å²) in [5.41, 5.74) is -1.28. The number of sulfonamides is 1. The van der Waals surface area contributed by atoms with Crippen molar-refractivity contribution in [3.63, 3.8) is 0 Å². The van der Waals surface area contributed by atoms with Gasteiger partial charge in [0, 0.05) is 0 Å². The topological polar surface area (TPSA) is 128 Å². The summed E-state index contributed by atoms with van der Waals surface area (Å²) < 4.78 is 61.4. The highest BCUT2D eigenvalue weighted by molar-refractivity contribution is 7.91. The molecule has 0 heterocycles. The fraction of sp³-hybridized carbons (Fsp3) is 0.700. The molecule has 0 rings (SSSR count). The number of amides is 2. The van der Waals surface area contributed by atoms with E-state index in [1.807, 2.05) is 0 Å². The molecular formula is C10H16F3N3O5S. The largest absolute Gasteiger partial charge is 0.518 e. The van der Waals surface area contributed by atoms with Gasteiger partial charge in [0.1, 0.15) is 5.71 Å². The van der Waals surface area contributed by atoms with Crippen LogP contribution >= 0.6 is 0 Å². The lowest BCUT2D eigenvalue weighted by Gasteiger charge is -2.20. The van der Waals surface area contributed by atoms with Crippen LogP contribution in [0.5, 0.6) is 0 Å². The first-order chi connectivity index (χ1) is 9.58. The Hall–Kier alpha value is -1.69. The number of hydrogen-bond acceptors (Lipinski definition) is 5. The number of nitrogens with two attached hydrogens (primary N) is 1. The Morgan fingerprint density at radius 2 is 1.68 bits per heavy atom. The van der Waals surface area contributed by atoms with Crippen molar-refractivity contribution in [3.05, 3.63) is 0 Å². The molecule has 8 nitrogen and oxygen atoms in total. The van der Waals surface area contributed by atoms with Gasteiger partial charge in [0.05, 0.1) is 11.5 Å². The third-order valence-corrected chi connectivity index (χ3v) is 3.05. The fourth-order valence-corrected chi connectivity index (χ4v) is 1.49. The number of carbonyl (C=O) groups is 2. The predicted octanol–water partition coefficient (Wildman–Crippen LogP) is 0.245. The molecule has 0 bridgehead atoms. The maximum absolute atomic E-state index is 12.3. The molecule has 0 aliphatic carbocycles. The van der Waals surface area contributed by atoms with E-state index in [0.29, 0.717) is 0 Å². The predicted molar refractivity (Wildman–Crippen MR) is 69.7 cm³/mol. The van der Waals surface area contributed by atoms with Crippen molar-refractivity contribution in [2.75, 3.05) is 0 Å². The third kappa shape index (κ3) is 5.97. The third-order valence-electron chi connectivity index (χ3n) is 2.03. The molecule has 0 aliphatic rings. The van der Waals surface area contributed by atoms with Crippen molar-refractivity contribution >= 4 is 27.5 Å². The molecule has 2 amide bonds. The van der Waals surface area contributed by atoms with Crippen molar-refractivity contribution in [3.8, 4) is 0 Å². The fourth-order valence-electron chi connectivity index (χ4n) is 0.885. The van der Waals surface area contributed by atoms with Gasteiger partial charge in [-0.1, -0.05) is 0 Å². The van der Waals surface area contributed by atoms with Crippen LogP contribution < -0.4 is 11.2 Å². The summed E-state index contributed by atoms with van der Waals surface area (Å²) in [7, 11) is -6.01. The van der Waals surface area contributed by atoms with Gasteiger partial charge in [0.2, 0.25) is 5.91 Å². The quantitative estimate of drug-likeness (QED) is 0.544. The number of rotatable bonds is 5. The van der Waals surface area contributed by atoms with Crippen LogP contribution in [-0.2, 0) is 24.4 Å². The van der Waals surface area contributed by atoms with Gasteiger partial charge < -0.3 is 5.73 Å². The molecule has 1 unspecified atom stereocenters. The number of nitrogens with one attached hydrogen (secondary N) is 1. The average Bonchev–Trinajstić information content (AvgIpc) is 2.29. The Morgan fingerprint density at radius 1 is 1.23 bits per heavy atom. The van der Waals surface area contributed by atoms with E-state index < -0.39 is 44.6 Å². The lowest BCUT2D eigenvalue weighted by Crippen LogP contribution is -2.43. The van der Waals surface area contributed by atoms with E-state index in [0.717, 1.165) is 6.92 Å². The van der Waals surface area contributed by atoms with E-state index >= 15 is 0 Å². The highest BCUT2D eigenvalue weighted by Gasteiger charge is 2.47. The van der Waals surface area contributed by atoms with Crippen molar-refractivity contribution in [2.24, 2.45) is 16.0 Å². The molecule has 0 saturated heterocycles. The van der Waals surface area contributed by atoms with Crippen LogP contribution in [0.15, 0.2) is 4.40 Å². The monoisotopic (exact) mass is 347 g/mol. The van der Waals surface area contributed by atoms with Gasteiger partial charge in [-0.3, -0.25) is 14.4 Å². The van der Waals surface area contributed by atoms with Crippen LogP contribution in [0.4, 0.5) is 13.2 Å². The second-order valence-electron chi connectivity index (χ2n) is 5.17. The minimum atomic E-state index is -6.01. The summed E-state index contributed by atoms with van der Waals surface area (Å²) in [6, 6.07) is 0. The molecule has 0 aromatic heterocycles. The molecule has 12 heteroatoms. The van der Waals surface area contributed by atoms with Gasteiger partial charge in [0.15, 0.2) is 0 Å². The van der Waals surface area contributed by atoms with E-state index in [2.05, 4.69) is 4.40 Å². The Morgan fingerprint density at radius 3 is 2.00 bits per heavy atom. The molecule has 22 heavy (non-hydrogen) atoms. The zero-order valence-electron chi connectivity index (χ0n) is 12.2. The van der Waals surface area contributed by atoms with E-state index in [1.54, 1.807) is 5.48 Å². The van der Waals surface area contributed by atoms with Gasteiger partial charge in [-0.05, 0) is 27.7 Å². The second kappa shape index (κ2) is 6.60. The number of alkyl halides is 3. The highest BCUT2D eigenvalue weighted by atomic mass is 32.2. The summed E-state index contributed by atoms with van der Waals surface area (Å²) in [5.74, 6) is -4.34. The van der Waals surface area contributed by atoms with Crippen molar-refractivity contribution in [1.29, 1.82) is 0 Å². The Labute approximate surface area is 124 Å². The summed E-state index contributed by atoms with van der Waals surface area (Å²) in [5, 5.41) is 0. The Bertz CT molecular complexity index is 578. The number of nitrogens with zero attached hydrogens (tertiary/aromatic N) is 1. The summed E-state index contributed by atoms with van der Waals surface area (Å²) in [6.07, 6.45) is 0. The van der Waals surface area contributed by atoms with Gasteiger partial charge in [-0.15, -0.1) is 0 Å². The lowest BCUT2D eigenvalue weighted by molar-refractivity contribution is -0.139. The molecule has 0 radical (unpaired) electrons. The van der Waals surface area contributed by atoms with E-state index in [1.165, 1.54) is 20.8 Å². The zero-order chi connectivity index (χ0) is 17.9. The van der Waals surface area contributed by atoms with Crippen LogP contribution in [0.1, 0.15) is 27.7 Å². The van der Waals surface area contributed by atoms with Gasteiger partial charge in [-0.2, -0.15) is 26.0 Å². The number of carbonyl (C=O) groups excluding carboxylic acids is 2. The SMILES string of the molecule is CC(C(N)=O)/C(=N/S(=O)(=O)C(F)(F)F)C(=O)NOC(C)(C)C. The number of primary amides is 1. The van der Waals surface area contributed by atoms with Crippen molar-refractivity contribution in [2.45, 2.75) is 38.8 Å². The molecule has 0 saturated carbocycles. The lowest BCUT2D eigenvalue weighted by atomic mass is 10.1.